The molecule has 2 aliphatic rings. The van der Waals surface area contributed by atoms with Gasteiger partial charge in [-0.25, -0.2) is 18.1 Å². The molecule has 1 saturated carbocycles. The number of aliphatic hydroxyl groups is 1. The number of nitrogens with one attached hydrogen (secondary N) is 3. The predicted octanol–water partition coefficient (Wildman–Crippen LogP) is 1.68. The number of sulfonamides is 1. The average Bonchev–Trinajstić information content (AvgIpc) is 2.79. The molecular weight excluding hydrogens is 477 g/mol. The van der Waals surface area contributed by atoms with Crippen LogP contribution in [-0.2, 0) is 21.0 Å². The Hall–Kier alpha value is -2.45. The van der Waals surface area contributed by atoms with Gasteiger partial charge in [-0.15, -0.1) is 0 Å². The molecule has 190 valence electrons. The van der Waals surface area contributed by atoms with E-state index in [9.17, 15) is 26.4 Å². The predicted molar refractivity (Wildman–Crippen MR) is 119 cm³/mol. The second-order valence-corrected chi connectivity index (χ2v) is 10.1. The molecule has 2 fully saturated rings. The number of rotatable bonds is 8. The third-order valence-corrected chi connectivity index (χ3v) is 7.03. The van der Waals surface area contributed by atoms with Gasteiger partial charge in [0.1, 0.15) is 18.0 Å². The van der Waals surface area contributed by atoms with E-state index in [4.69, 9.17) is 5.11 Å². The third-order valence-electron chi connectivity index (χ3n) is 5.96. The van der Waals surface area contributed by atoms with E-state index in [2.05, 4.69) is 31.9 Å². The number of halogens is 3. The fraction of sp³-hybridized carbons (Fsp3) is 0.650. The topological polar surface area (TPSA) is 137 Å². The van der Waals surface area contributed by atoms with Crippen molar-refractivity contribution in [2.24, 2.45) is 0 Å². The maximum absolute atomic E-state index is 13.7. The Morgan fingerprint density at radius 2 is 1.91 bits per heavy atom. The van der Waals surface area contributed by atoms with Crippen LogP contribution < -0.4 is 15.4 Å². The molecule has 3 atom stereocenters. The molecule has 1 aliphatic heterocycles. The summed E-state index contributed by atoms with van der Waals surface area (Å²) in [5, 5.41) is 15.6. The SMILES string of the molecule is C=CS(=O)(=O)N[C@@H]1CCCC[C@H]1Nc1nc(N[C@H]2CCCN(C(=O)CO)C2)ncc1C(F)(F)F. The van der Waals surface area contributed by atoms with Gasteiger partial charge in [-0.05, 0) is 25.7 Å². The number of likely N-dealkylation sites (tertiary alicyclic amines) is 1. The van der Waals surface area contributed by atoms with Gasteiger partial charge in [0, 0.05) is 42.8 Å². The fourth-order valence-electron chi connectivity index (χ4n) is 4.25. The van der Waals surface area contributed by atoms with E-state index in [1.165, 1.54) is 4.90 Å². The normalized spacial score (nSPS) is 23.9. The molecule has 34 heavy (non-hydrogen) atoms. The van der Waals surface area contributed by atoms with E-state index in [1.807, 2.05) is 0 Å². The van der Waals surface area contributed by atoms with Crippen molar-refractivity contribution in [2.45, 2.75) is 62.8 Å². The molecule has 1 saturated heterocycles. The van der Waals surface area contributed by atoms with Gasteiger partial charge >= 0.3 is 6.18 Å². The molecule has 10 nitrogen and oxygen atoms in total. The minimum absolute atomic E-state index is 0.0437. The van der Waals surface area contributed by atoms with E-state index >= 15 is 0 Å². The van der Waals surface area contributed by atoms with E-state index in [0.29, 0.717) is 38.4 Å². The molecular formula is C20H29F3N6O4S. The molecule has 1 aliphatic carbocycles. The standard InChI is InChI=1S/C20H29F3N6O4S/c1-2-34(32,33)28-16-8-4-3-7-15(16)26-18-14(20(21,22)23)10-24-19(27-18)25-13-6-5-9-29(11-13)17(31)12-30/h2,10,13,15-16,28,30H,1,3-9,11-12H2,(H2,24,25,26,27)/t13-,15+,16+/m0/s1. The van der Waals surface area contributed by atoms with E-state index in [0.717, 1.165) is 18.2 Å². The van der Waals surface area contributed by atoms with E-state index in [-0.39, 0.29) is 18.5 Å². The lowest BCUT2D eigenvalue weighted by Gasteiger charge is -2.34. The van der Waals surface area contributed by atoms with Gasteiger partial charge in [-0.3, -0.25) is 4.79 Å². The van der Waals surface area contributed by atoms with Crippen molar-refractivity contribution in [3.05, 3.63) is 23.7 Å². The molecule has 0 aromatic carbocycles. The number of carbonyl (C=O) groups excluding carboxylic acids is 1. The molecule has 4 N–H and O–H groups in total. The minimum atomic E-state index is -4.72. The highest BCUT2D eigenvalue weighted by atomic mass is 32.2. The molecule has 1 amide bonds. The van der Waals surface area contributed by atoms with Gasteiger partial charge in [0.2, 0.25) is 21.9 Å². The number of anilines is 2. The Morgan fingerprint density at radius 1 is 1.21 bits per heavy atom. The maximum atomic E-state index is 13.7. The molecule has 1 aromatic rings. The first-order chi connectivity index (χ1) is 16.0. The Balaban J connectivity index is 1.81. The Morgan fingerprint density at radius 3 is 2.56 bits per heavy atom. The number of aromatic nitrogens is 2. The number of hydrogen-bond acceptors (Lipinski definition) is 8. The number of hydrogen-bond donors (Lipinski definition) is 4. The lowest BCUT2D eigenvalue weighted by molar-refractivity contribution is -0.137. The number of alkyl halides is 3. The van der Waals surface area contributed by atoms with Crippen LogP contribution >= 0.6 is 0 Å². The summed E-state index contributed by atoms with van der Waals surface area (Å²) in [6.45, 7) is 3.39. The second kappa shape index (κ2) is 10.9. The molecule has 3 rings (SSSR count). The van der Waals surface area contributed by atoms with Crippen molar-refractivity contribution < 1.29 is 31.5 Å². The van der Waals surface area contributed by atoms with Crippen molar-refractivity contribution in [3.63, 3.8) is 0 Å². The van der Waals surface area contributed by atoms with Gasteiger partial charge in [0.05, 0.1) is 0 Å². The summed E-state index contributed by atoms with van der Waals surface area (Å²) in [6, 6.07) is -1.53. The summed E-state index contributed by atoms with van der Waals surface area (Å²) in [7, 11) is -3.77. The van der Waals surface area contributed by atoms with Crippen molar-refractivity contribution in [1.82, 2.24) is 19.6 Å². The van der Waals surface area contributed by atoms with Gasteiger partial charge in [0.15, 0.2) is 0 Å². The van der Waals surface area contributed by atoms with Crippen LogP contribution in [0.15, 0.2) is 18.2 Å². The van der Waals surface area contributed by atoms with Crippen molar-refractivity contribution >= 4 is 27.7 Å². The Bertz CT molecular complexity index is 991. The minimum Gasteiger partial charge on any atom is -0.387 e. The average molecular weight is 507 g/mol. The first-order valence-corrected chi connectivity index (χ1v) is 12.6. The first-order valence-electron chi connectivity index (χ1n) is 11.0. The zero-order valence-corrected chi connectivity index (χ0v) is 19.3. The summed E-state index contributed by atoms with van der Waals surface area (Å²) in [5.41, 5.74) is -1.06. The summed E-state index contributed by atoms with van der Waals surface area (Å²) in [6.07, 6.45) is -0.370. The number of carbonyl (C=O) groups is 1. The zero-order valence-electron chi connectivity index (χ0n) is 18.5. The molecule has 0 bridgehead atoms. The fourth-order valence-corrected chi connectivity index (χ4v) is 5.05. The number of nitrogens with zero attached hydrogens (tertiary/aromatic N) is 3. The quantitative estimate of drug-likeness (QED) is 0.418. The summed E-state index contributed by atoms with van der Waals surface area (Å²) in [4.78, 5) is 21.1. The van der Waals surface area contributed by atoms with Crippen LogP contribution in [-0.4, -0.2) is 72.1 Å². The maximum Gasteiger partial charge on any atom is 0.421 e. The Labute approximate surface area is 196 Å². The van der Waals surface area contributed by atoms with Crippen LogP contribution in [0.4, 0.5) is 24.9 Å². The zero-order chi connectivity index (χ0) is 24.9. The highest BCUT2D eigenvalue weighted by molar-refractivity contribution is 7.92. The van der Waals surface area contributed by atoms with Crippen LogP contribution in [0.3, 0.4) is 0 Å². The van der Waals surface area contributed by atoms with Crippen LogP contribution in [0.25, 0.3) is 0 Å². The third kappa shape index (κ3) is 6.79. The van der Waals surface area contributed by atoms with E-state index in [1.54, 1.807) is 0 Å². The number of aliphatic hydroxyl groups excluding tert-OH is 1. The van der Waals surface area contributed by atoms with Crippen molar-refractivity contribution in [1.29, 1.82) is 0 Å². The second-order valence-electron chi connectivity index (χ2n) is 8.41. The molecule has 0 radical (unpaired) electrons. The van der Waals surface area contributed by atoms with Gasteiger partial charge in [0.25, 0.3) is 0 Å². The van der Waals surface area contributed by atoms with Crippen molar-refractivity contribution in [2.75, 3.05) is 30.3 Å². The summed E-state index contributed by atoms with van der Waals surface area (Å²) in [5.74, 6) is -0.913. The first kappa shape index (κ1) is 26.2. The largest absolute Gasteiger partial charge is 0.421 e. The lowest BCUT2D eigenvalue weighted by Crippen LogP contribution is -2.48. The van der Waals surface area contributed by atoms with Gasteiger partial charge in [-0.2, -0.15) is 18.2 Å². The van der Waals surface area contributed by atoms with Crippen LogP contribution in [0.2, 0.25) is 0 Å². The molecule has 1 aromatic heterocycles. The summed E-state index contributed by atoms with van der Waals surface area (Å²) < 4.78 is 67.3. The lowest BCUT2D eigenvalue weighted by atomic mass is 9.91. The number of amides is 1. The van der Waals surface area contributed by atoms with Crippen LogP contribution in [0.1, 0.15) is 44.1 Å². The number of piperidine rings is 1. The molecule has 2 heterocycles. The smallest absolute Gasteiger partial charge is 0.387 e. The summed E-state index contributed by atoms with van der Waals surface area (Å²) >= 11 is 0. The van der Waals surface area contributed by atoms with Gasteiger partial charge < -0.3 is 20.6 Å². The highest BCUT2D eigenvalue weighted by Gasteiger charge is 2.37. The molecule has 0 unspecified atom stereocenters. The molecule has 14 heteroatoms. The molecule has 0 spiro atoms. The highest BCUT2D eigenvalue weighted by Crippen LogP contribution is 2.35. The van der Waals surface area contributed by atoms with Crippen molar-refractivity contribution in [3.8, 4) is 0 Å². The van der Waals surface area contributed by atoms with Crippen LogP contribution in [0, 0.1) is 0 Å². The monoisotopic (exact) mass is 506 g/mol. The van der Waals surface area contributed by atoms with E-state index < -0.39 is 52.2 Å². The van der Waals surface area contributed by atoms with Crippen LogP contribution in [0.5, 0.6) is 0 Å². The Kier molecular flexibility index (Phi) is 8.36. The van der Waals surface area contributed by atoms with Gasteiger partial charge in [-0.1, -0.05) is 19.4 Å².